The predicted octanol–water partition coefficient (Wildman–Crippen LogP) is 3.45. The van der Waals surface area contributed by atoms with Gasteiger partial charge in [-0.05, 0) is 49.4 Å². The van der Waals surface area contributed by atoms with Crippen molar-refractivity contribution in [3.63, 3.8) is 0 Å². The molecule has 34 heavy (non-hydrogen) atoms. The molecule has 1 aromatic heterocycles. The molecule has 1 aliphatic carbocycles. The van der Waals surface area contributed by atoms with E-state index in [9.17, 15) is 9.59 Å². The molecule has 3 aromatic rings. The molecule has 1 aliphatic heterocycles. The highest BCUT2D eigenvalue weighted by atomic mass is 16.3. The Morgan fingerprint density at radius 1 is 1.12 bits per heavy atom. The molecule has 3 N–H and O–H groups in total. The van der Waals surface area contributed by atoms with Gasteiger partial charge in [-0.15, -0.1) is 0 Å². The molecule has 1 fully saturated rings. The number of benzene rings is 2. The summed E-state index contributed by atoms with van der Waals surface area (Å²) in [7, 11) is 0. The maximum Gasteiger partial charge on any atom is 0.290 e. The SMILES string of the molecule is Cc1nc2c([nH]1)CN(C(=O)C1CCC(NC(=O)c3cccc4ccccc34)CC1)CC2.O=CO. The van der Waals surface area contributed by atoms with Gasteiger partial charge in [0.1, 0.15) is 5.82 Å². The fourth-order valence-electron chi connectivity index (χ4n) is 5.05. The van der Waals surface area contributed by atoms with Gasteiger partial charge in [0.25, 0.3) is 12.4 Å². The van der Waals surface area contributed by atoms with Crippen LogP contribution in [0.2, 0.25) is 0 Å². The smallest absolute Gasteiger partial charge is 0.290 e. The number of aromatic amines is 1. The molecule has 0 bridgehead atoms. The molecule has 2 amide bonds. The fourth-order valence-corrected chi connectivity index (χ4v) is 5.05. The number of aryl methyl sites for hydroxylation is 1. The van der Waals surface area contributed by atoms with Crippen LogP contribution in [0.5, 0.6) is 0 Å². The zero-order valence-corrected chi connectivity index (χ0v) is 19.3. The monoisotopic (exact) mass is 462 g/mol. The van der Waals surface area contributed by atoms with Gasteiger partial charge in [0.15, 0.2) is 0 Å². The van der Waals surface area contributed by atoms with E-state index in [1.165, 1.54) is 0 Å². The minimum atomic E-state index is -0.250. The number of imidazole rings is 1. The Labute approximate surface area is 198 Å². The second-order valence-electron chi connectivity index (χ2n) is 8.91. The van der Waals surface area contributed by atoms with Crippen molar-refractivity contribution in [3.05, 3.63) is 65.2 Å². The number of amides is 2. The number of hydrogen-bond acceptors (Lipinski definition) is 4. The highest BCUT2D eigenvalue weighted by molar-refractivity contribution is 6.07. The number of nitrogens with one attached hydrogen (secondary N) is 2. The predicted molar refractivity (Wildman–Crippen MR) is 128 cm³/mol. The van der Waals surface area contributed by atoms with E-state index in [2.05, 4.69) is 15.3 Å². The number of carboxylic acid groups (broad SMARTS) is 1. The maximum atomic E-state index is 13.1. The first kappa shape index (κ1) is 23.5. The topological polar surface area (TPSA) is 115 Å². The van der Waals surface area contributed by atoms with Crippen LogP contribution in [0.1, 0.15) is 53.3 Å². The van der Waals surface area contributed by atoms with E-state index in [4.69, 9.17) is 9.90 Å². The van der Waals surface area contributed by atoms with Gasteiger partial charge >= 0.3 is 0 Å². The average Bonchev–Trinajstić information content (AvgIpc) is 3.23. The average molecular weight is 463 g/mol. The molecule has 178 valence electrons. The summed E-state index contributed by atoms with van der Waals surface area (Å²) in [6.07, 6.45) is 4.15. The third kappa shape index (κ3) is 5.11. The van der Waals surface area contributed by atoms with Crippen molar-refractivity contribution in [1.82, 2.24) is 20.2 Å². The van der Waals surface area contributed by atoms with Crippen molar-refractivity contribution in [2.45, 2.75) is 51.6 Å². The first-order valence-electron chi connectivity index (χ1n) is 11.7. The van der Waals surface area contributed by atoms with Crippen LogP contribution >= 0.6 is 0 Å². The van der Waals surface area contributed by atoms with Crippen LogP contribution in [0.15, 0.2) is 42.5 Å². The van der Waals surface area contributed by atoms with Crippen LogP contribution in [0, 0.1) is 12.8 Å². The number of rotatable bonds is 3. The Bertz CT molecular complexity index is 1180. The summed E-state index contributed by atoms with van der Waals surface area (Å²) >= 11 is 0. The third-order valence-electron chi connectivity index (χ3n) is 6.71. The lowest BCUT2D eigenvalue weighted by Crippen LogP contribution is -2.43. The number of carbonyl (C=O) groups is 3. The van der Waals surface area contributed by atoms with E-state index >= 15 is 0 Å². The summed E-state index contributed by atoms with van der Waals surface area (Å²) in [4.78, 5) is 44.1. The third-order valence-corrected chi connectivity index (χ3v) is 6.71. The van der Waals surface area contributed by atoms with Gasteiger partial charge in [0.05, 0.1) is 17.9 Å². The Hall–Kier alpha value is -3.68. The highest BCUT2D eigenvalue weighted by Crippen LogP contribution is 2.29. The lowest BCUT2D eigenvalue weighted by Gasteiger charge is -2.34. The van der Waals surface area contributed by atoms with Gasteiger partial charge in [-0.1, -0.05) is 36.4 Å². The number of aromatic nitrogens is 2. The fraction of sp³-hybridized carbons (Fsp3) is 0.385. The standard InChI is InChI=1S/C25H28N4O2.CH2O2/c1-16-26-22-13-14-29(15-23(22)27-16)25(31)18-9-11-19(12-10-18)28-24(30)21-8-4-6-17-5-2-3-7-20(17)21;2-1-3/h2-8,18-19H,9-15H2,1H3,(H,26,27)(H,28,30);1H,(H,2,3). The Kier molecular flexibility index (Phi) is 7.25. The van der Waals surface area contributed by atoms with Crippen LogP contribution in [0.25, 0.3) is 10.8 Å². The molecule has 2 heterocycles. The lowest BCUT2D eigenvalue weighted by atomic mass is 9.84. The number of nitrogens with zero attached hydrogens (tertiary/aromatic N) is 2. The van der Waals surface area contributed by atoms with Crippen molar-refractivity contribution < 1.29 is 19.5 Å². The van der Waals surface area contributed by atoms with Crippen LogP contribution in [-0.2, 0) is 22.6 Å². The van der Waals surface area contributed by atoms with E-state index in [-0.39, 0.29) is 30.2 Å². The van der Waals surface area contributed by atoms with Gasteiger partial charge in [0, 0.05) is 30.5 Å². The molecule has 0 atom stereocenters. The van der Waals surface area contributed by atoms with Crippen molar-refractivity contribution in [2.75, 3.05) is 6.54 Å². The van der Waals surface area contributed by atoms with Crippen LogP contribution in [-0.4, -0.2) is 50.8 Å². The number of carbonyl (C=O) groups excluding carboxylic acids is 2. The maximum absolute atomic E-state index is 13.1. The zero-order valence-electron chi connectivity index (χ0n) is 19.3. The van der Waals surface area contributed by atoms with E-state index in [0.717, 1.165) is 72.2 Å². The van der Waals surface area contributed by atoms with E-state index < -0.39 is 0 Å². The molecular weight excluding hydrogens is 432 g/mol. The van der Waals surface area contributed by atoms with Crippen molar-refractivity contribution in [2.24, 2.45) is 5.92 Å². The lowest BCUT2D eigenvalue weighted by molar-refractivity contribution is -0.137. The van der Waals surface area contributed by atoms with E-state index in [1.54, 1.807) is 0 Å². The number of fused-ring (bicyclic) bond motifs is 2. The second-order valence-corrected chi connectivity index (χ2v) is 8.91. The first-order valence-corrected chi connectivity index (χ1v) is 11.7. The number of hydrogen-bond donors (Lipinski definition) is 3. The molecule has 2 aliphatic rings. The molecule has 2 aromatic carbocycles. The normalized spacial score (nSPS) is 19.5. The van der Waals surface area contributed by atoms with Gasteiger partial charge in [-0.3, -0.25) is 14.4 Å². The molecule has 0 saturated heterocycles. The van der Waals surface area contributed by atoms with Crippen molar-refractivity contribution >= 4 is 29.1 Å². The number of H-pyrrole nitrogens is 1. The van der Waals surface area contributed by atoms with Crippen molar-refractivity contribution in [3.8, 4) is 0 Å². The van der Waals surface area contributed by atoms with Gasteiger partial charge in [-0.25, -0.2) is 4.98 Å². The van der Waals surface area contributed by atoms with Gasteiger partial charge < -0.3 is 20.3 Å². The van der Waals surface area contributed by atoms with Crippen LogP contribution in [0.3, 0.4) is 0 Å². The molecule has 8 nitrogen and oxygen atoms in total. The summed E-state index contributed by atoms with van der Waals surface area (Å²) < 4.78 is 0. The second kappa shape index (κ2) is 10.5. The molecule has 0 spiro atoms. The molecule has 0 unspecified atom stereocenters. The van der Waals surface area contributed by atoms with Gasteiger partial charge in [0.2, 0.25) is 5.91 Å². The summed E-state index contributed by atoms with van der Waals surface area (Å²) in [6.45, 7) is 3.08. The quantitative estimate of drug-likeness (QED) is 0.516. The first-order chi connectivity index (χ1) is 16.5. The zero-order chi connectivity index (χ0) is 24.1. The summed E-state index contributed by atoms with van der Waals surface area (Å²) in [5.74, 6) is 1.19. The van der Waals surface area contributed by atoms with E-state index in [1.807, 2.05) is 54.3 Å². The van der Waals surface area contributed by atoms with Gasteiger partial charge in [-0.2, -0.15) is 0 Å². The molecule has 1 saturated carbocycles. The summed E-state index contributed by atoms with van der Waals surface area (Å²) in [6, 6.07) is 13.9. The van der Waals surface area contributed by atoms with E-state index in [0.29, 0.717) is 6.54 Å². The minimum Gasteiger partial charge on any atom is -0.483 e. The Morgan fingerprint density at radius 3 is 2.59 bits per heavy atom. The summed E-state index contributed by atoms with van der Waals surface area (Å²) in [5, 5.41) is 12.1. The van der Waals surface area contributed by atoms with Crippen molar-refractivity contribution in [1.29, 1.82) is 0 Å². The molecule has 8 heteroatoms. The molecular formula is C26H30N4O4. The Balaban J connectivity index is 0.000000868. The minimum absolute atomic E-state index is 0.0234. The molecule has 5 rings (SSSR count). The highest BCUT2D eigenvalue weighted by Gasteiger charge is 2.32. The summed E-state index contributed by atoms with van der Waals surface area (Å²) in [5.41, 5.74) is 2.89. The van der Waals surface area contributed by atoms with Crippen LogP contribution in [0.4, 0.5) is 0 Å². The molecule has 0 radical (unpaired) electrons. The van der Waals surface area contributed by atoms with Crippen LogP contribution < -0.4 is 5.32 Å². The Morgan fingerprint density at radius 2 is 1.82 bits per heavy atom. The largest absolute Gasteiger partial charge is 0.483 e.